The van der Waals surface area contributed by atoms with Gasteiger partial charge in [-0.25, -0.2) is 4.98 Å². The van der Waals surface area contributed by atoms with Crippen molar-refractivity contribution in [3.05, 3.63) is 24.4 Å². The van der Waals surface area contributed by atoms with E-state index in [1.807, 2.05) is 31.3 Å². The highest BCUT2D eigenvalue weighted by Gasteiger charge is 2.16. The zero-order valence-corrected chi connectivity index (χ0v) is 12.6. The minimum atomic E-state index is 0.882. The molecule has 2 rings (SSSR count). The van der Waals surface area contributed by atoms with Crippen LogP contribution in [0.4, 0.5) is 5.82 Å². The minimum Gasteiger partial charge on any atom is -0.320 e. The number of hydrogen-bond acceptors (Lipinski definition) is 4. The predicted octanol–water partition coefficient (Wildman–Crippen LogP) is 1.48. The van der Waals surface area contributed by atoms with Gasteiger partial charge in [0.05, 0.1) is 4.99 Å². The van der Waals surface area contributed by atoms with Gasteiger partial charge in [-0.15, -0.1) is 0 Å². The molecule has 0 spiro atoms. The van der Waals surface area contributed by atoms with Crippen molar-refractivity contribution in [3.8, 4) is 0 Å². The van der Waals surface area contributed by atoms with E-state index in [2.05, 4.69) is 26.7 Å². The predicted molar refractivity (Wildman–Crippen MR) is 83.8 cm³/mol. The summed E-state index contributed by atoms with van der Waals surface area (Å²) in [5.41, 5.74) is 0. The van der Waals surface area contributed by atoms with Gasteiger partial charge in [0.15, 0.2) is 0 Å². The van der Waals surface area contributed by atoms with Gasteiger partial charge in [0.1, 0.15) is 5.82 Å². The van der Waals surface area contributed by atoms with Gasteiger partial charge in [-0.05, 0) is 26.1 Å². The molecule has 1 aliphatic heterocycles. The maximum Gasteiger partial charge on any atom is 0.133 e. The largest absolute Gasteiger partial charge is 0.320 e. The molecule has 1 aliphatic rings. The summed E-state index contributed by atoms with van der Waals surface area (Å²) in [6, 6.07) is 5.95. The number of aromatic nitrogens is 1. The van der Waals surface area contributed by atoms with Crippen molar-refractivity contribution >= 4 is 23.0 Å². The number of piperazine rings is 1. The molecule has 19 heavy (non-hydrogen) atoms. The number of nitrogens with zero attached hydrogens (tertiary/aromatic N) is 4. The van der Waals surface area contributed by atoms with E-state index in [1.165, 1.54) is 0 Å². The highest BCUT2D eigenvalue weighted by molar-refractivity contribution is 7.80. The van der Waals surface area contributed by atoms with Gasteiger partial charge < -0.3 is 9.80 Å². The summed E-state index contributed by atoms with van der Waals surface area (Å²) in [6.07, 6.45) is 1.82. The molecule has 104 valence electrons. The maximum atomic E-state index is 5.34. The van der Waals surface area contributed by atoms with E-state index in [4.69, 9.17) is 12.2 Å². The molecular formula is C14H22N4S. The van der Waals surface area contributed by atoms with Crippen LogP contribution in [-0.2, 0) is 0 Å². The Morgan fingerprint density at radius 1 is 1.32 bits per heavy atom. The van der Waals surface area contributed by atoms with E-state index in [1.54, 1.807) is 0 Å². The van der Waals surface area contributed by atoms with Crippen LogP contribution in [0.3, 0.4) is 0 Å². The summed E-state index contributed by atoms with van der Waals surface area (Å²) < 4.78 is 0. The molecule has 1 aromatic heterocycles. The Labute approximate surface area is 121 Å². The molecule has 1 aromatic rings. The first-order valence-corrected chi connectivity index (χ1v) is 7.17. The monoisotopic (exact) mass is 278 g/mol. The van der Waals surface area contributed by atoms with Gasteiger partial charge in [0.2, 0.25) is 0 Å². The van der Waals surface area contributed by atoms with Crippen molar-refractivity contribution in [2.75, 3.05) is 51.2 Å². The van der Waals surface area contributed by atoms with E-state index >= 15 is 0 Å². The lowest BCUT2D eigenvalue weighted by Gasteiger charge is -2.34. The summed E-state index contributed by atoms with van der Waals surface area (Å²) in [7, 11) is 2.18. The molecule has 0 atom stereocenters. The SMILES string of the molecule is CC(=S)N(CCN1CCN(C)CC1)c1ccccn1. The van der Waals surface area contributed by atoms with E-state index in [0.29, 0.717) is 0 Å². The number of likely N-dealkylation sites (N-methyl/N-ethyl adjacent to an activating group) is 1. The maximum absolute atomic E-state index is 5.34. The van der Waals surface area contributed by atoms with Crippen LogP contribution < -0.4 is 4.90 Å². The minimum absolute atomic E-state index is 0.882. The van der Waals surface area contributed by atoms with E-state index in [-0.39, 0.29) is 0 Å². The number of rotatable bonds is 4. The van der Waals surface area contributed by atoms with Gasteiger partial charge in [0, 0.05) is 45.5 Å². The number of pyridine rings is 1. The number of anilines is 1. The summed E-state index contributed by atoms with van der Waals surface area (Å²) in [4.78, 5) is 12.3. The lowest BCUT2D eigenvalue weighted by molar-refractivity contribution is 0.157. The van der Waals surface area contributed by atoms with E-state index < -0.39 is 0 Å². The molecule has 0 aliphatic carbocycles. The van der Waals surface area contributed by atoms with Crippen molar-refractivity contribution < 1.29 is 0 Å². The Balaban J connectivity index is 1.90. The quantitative estimate of drug-likeness (QED) is 0.776. The fourth-order valence-electron chi connectivity index (χ4n) is 2.26. The Hall–Kier alpha value is -1.04. The second kappa shape index (κ2) is 6.93. The Kier molecular flexibility index (Phi) is 5.24. The standard InChI is InChI=1S/C14H22N4S/c1-13(19)18(14-5-3-4-6-15-14)12-11-17-9-7-16(2)8-10-17/h3-6H,7-12H2,1-2H3. The van der Waals surface area contributed by atoms with Crippen molar-refractivity contribution in [1.29, 1.82) is 0 Å². The molecule has 0 bridgehead atoms. The van der Waals surface area contributed by atoms with Crippen LogP contribution in [0.5, 0.6) is 0 Å². The summed E-state index contributed by atoms with van der Waals surface area (Å²) >= 11 is 5.34. The molecule has 0 amide bonds. The summed E-state index contributed by atoms with van der Waals surface area (Å²) in [5, 5.41) is 0. The molecular weight excluding hydrogens is 256 g/mol. The fraction of sp³-hybridized carbons (Fsp3) is 0.571. The zero-order valence-electron chi connectivity index (χ0n) is 11.7. The average molecular weight is 278 g/mol. The third-order valence-corrected chi connectivity index (χ3v) is 3.76. The number of hydrogen-bond donors (Lipinski definition) is 0. The van der Waals surface area contributed by atoms with E-state index in [9.17, 15) is 0 Å². The van der Waals surface area contributed by atoms with Gasteiger partial charge in [-0.2, -0.15) is 0 Å². The van der Waals surface area contributed by atoms with Crippen LogP contribution in [0, 0.1) is 0 Å². The smallest absolute Gasteiger partial charge is 0.133 e. The second-order valence-corrected chi connectivity index (χ2v) is 5.59. The molecule has 0 N–H and O–H groups in total. The van der Waals surface area contributed by atoms with Crippen molar-refractivity contribution in [1.82, 2.24) is 14.8 Å². The fourth-order valence-corrected chi connectivity index (χ4v) is 2.44. The molecule has 2 heterocycles. The zero-order chi connectivity index (χ0) is 13.7. The van der Waals surface area contributed by atoms with Gasteiger partial charge in [0.25, 0.3) is 0 Å². The first-order chi connectivity index (χ1) is 9.16. The molecule has 0 saturated carbocycles. The van der Waals surface area contributed by atoms with Gasteiger partial charge >= 0.3 is 0 Å². The van der Waals surface area contributed by atoms with Crippen LogP contribution in [0.1, 0.15) is 6.92 Å². The van der Waals surface area contributed by atoms with Crippen LogP contribution in [-0.4, -0.2) is 66.1 Å². The summed E-state index contributed by atoms with van der Waals surface area (Å²) in [5.74, 6) is 0.948. The van der Waals surface area contributed by atoms with Crippen LogP contribution in [0.2, 0.25) is 0 Å². The van der Waals surface area contributed by atoms with Crippen molar-refractivity contribution in [2.45, 2.75) is 6.92 Å². The molecule has 4 nitrogen and oxygen atoms in total. The van der Waals surface area contributed by atoms with Gasteiger partial charge in [-0.1, -0.05) is 18.3 Å². The first-order valence-electron chi connectivity index (χ1n) is 6.77. The summed E-state index contributed by atoms with van der Waals surface area (Å²) in [6.45, 7) is 8.51. The van der Waals surface area contributed by atoms with Gasteiger partial charge in [-0.3, -0.25) is 4.90 Å². The molecule has 5 heteroatoms. The van der Waals surface area contributed by atoms with Crippen LogP contribution in [0.15, 0.2) is 24.4 Å². The average Bonchev–Trinajstić information content (AvgIpc) is 2.42. The normalized spacial score (nSPS) is 17.4. The highest BCUT2D eigenvalue weighted by atomic mass is 32.1. The Bertz CT molecular complexity index is 401. The molecule has 1 saturated heterocycles. The van der Waals surface area contributed by atoms with E-state index in [0.717, 1.165) is 50.1 Å². The molecule has 0 unspecified atom stereocenters. The molecule has 0 aromatic carbocycles. The molecule has 1 fully saturated rings. The third-order valence-electron chi connectivity index (χ3n) is 3.54. The highest BCUT2D eigenvalue weighted by Crippen LogP contribution is 2.10. The van der Waals surface area contributed by atoms with Crippen molar-refractivity contribution in [2.24, 2.45) is 0 Å². The Morgan fingerprint density at radius 2 is 2.05 bits per heavy atom. The number of thiocarbonyl (C=S) groups is 1. The molecule has 0 radical (unpaired) electrons. The van der Waals surface area contributed by atoms with Crippen LogP contribution >= 0.6 is 12.2 Å². The van der Waals surface area contributed by atoms with Crippen LogP contribution in [0.25, 0.3) is 0 Å². The first kappa shape index (κ1) is 14.4. The Morgan fingerprint density at radius 3 is 2.63 bits per heavy atom. The van der Waals surface area contributed by atoms with Crippen molar-refractivity contribution in [3.63, 3.8) is 0 Å². The second-order valence-electron chi connectivity index (χ2n) is 5.00. The third kappa shape index (κ3) is 4.23. The lowest BCUT2D eigenvalue weighted by Crippen LogP contribution is -2.47. The topological polar surface area (TPSA) is 22.6 Å². The lowest BCUT2D eigenvalue weighted by atomic mass is 10.3.